The van der Waals surface area contributed by atoms with Crippen LogP contribution in [0.15, 0.2) is 60.8 Å². The molecule has 2 rings (SSSR count). The molecule has 0 spiro atoms. The van der Waals surface area contributed by atoms with Crippen LogP contribution in [0.2, 0.25) is 0 Å². The van der Waals surface area contributed by atoms with Gasteiger partial charge < -0.3 is 64.2 Å². The Morgan fingerprint density at radius 1 is 0.479 bits per heavy atom. The number of hydrogen-bond acceptors (Lipinski definition) is 14. The van der Waals surface area contributed by atoms with Crippen molar-refractivity contribution in [1.82, 2.24) is 0 Å². The minimum absolute atomic E-state index is 0.0503. The molecule has 0 bridgehead atoms. The zero-order valence-corrected chi connectivity index (χ0v) is 43.9. The lowest BCUT2D eigenvalue weighted by Crippen LogP contribution is -2.61. The van der Waals surface area contributed by atoms with Crippen LogP contribution in [0.25, 0.3) is 0 Å². The smallest absolute Gasteiger partial charge is 0.306 e. The highest BCUT2D eigenvalue weighted by molar-refractivity contribution is 5.69. The fraction of sp³-hybridized carbons (Fsp3) is 0.807. The van der Waals surface area contributed by atoms with Crippen LogP contribution in [0.5, 0.6) is 0 Å². The van der Waals surface area contributed by atoms with E-state index in [1.54, 1.807) is 0 Å². The summed E-state index contributed by atoms with van der Waals surface area (Å²) < 4.78 is 34.3. The number of allylic oxidation sites excluding steroid dienone is 10. The maximum atomic E-state index is 13.0. The van der Waals surface area contributed by atoms with E-state index in [-0.39, 0.29) is 19.6 Å². The second-order valence-electron chi connectivity index (χ2n) is 19.4. The molecule has 2 fully saturated rings. The molecule has 0 aromatic carbocycles. The van der Waals surface area contributed by atoms with Gasteiger partial charge in [-0.1, -0.05) is 171 Å². The van der Waals surface area contributed by atoms with Gasteiger partial charge in [0, 0.05) is 13.0 Å². The van der Waals surface area contributed by atoms with Gasteiger partial charge in [0.1, 0.15) is 54.9 Å². The highest BCUT2D eigenvalue weighted by Crippen LogP contribution is 2.26. The molecule has 7 N–H and O–H groups in total. The number of unbranched alkanes of at least 4 members (excludes halogenated alkanes) is 20. The van der Waals surface area contributed by atoms with Gasteiger partial charge >= 0.3 is 5.97 Å². The maximum Gasteiger partial charge on any atom is 0.306 e. The number of hydrogen-bond donors (Lipinski definition) is 7. The van der Waals surface area contributed by atoms with Crippen LogP contribution < -0.4 is 0 Å². The summed E-state index contributed by atoms with van der Waals surface area (Å²) in [7, 11) is 0. The average molecular weight is 1010 g/mol. The summed E-state index contributed by atoms with van der Waals surface area (Å²) in [4.78, 5) is 13.0. The van der Waals surface area contributed by atoms with Crippen molar-refractivity contribution >= 4 is 5.97 Å². The molecule has 0 radical (unpaired) electrons. The fourth-order valence-corrected chi connectivity index (χ4v) is 8.51. The van der Waals surface area contributed by atoms with Crippen molar-refractivity contribution in [2.75, 3.05) is 33.0 Å². The van der Waals surface area contributed by atoms with Crippen LogP contribution in [-0.4, -0.2) is 142 Å². The Morgan fingerprint density at radius 3 is 1.44 bits per heavy atom. The third-order valence-electron chi connectivity index (χ3n) is 13.0. The van der Waals surface area contributed by atoms with Gasteiger partial charge in [0.15, 0.2) is 12.6 Å². The summed E-state index contributed by atoms with van der Waals surface area (Å²) in [5.41, 5.74) is 0. The fourth-order valence-electron chi connectivity index (χ4n) is 8.51. The third kappa shape index (κ3) is 31.2. The minimum Gasteiger partial charge on any atom is -0.457 e. The first-order valence-corrected chi connectivity index (χ1v) is 27.9. The lowest BCUT2D eigenvalue weighted by atomic mass is 9.98. The molecule has 2 aliphatic heterocycles. The van der Waals surface area contributed by atoms with Crippen LogP contribution in [-0.2, 0) is 33.2 Å². The predicted molar refractivity (Wildman–Crippen MR) is 279 cm³/mol. The third-order valence-corrected chi connectivity index (χ3v) is 13.0. The number of aliphatic hydroxyl groups is 7. The second-order valence-corrected chi connectivity index (χ2v) is 19.4. The molecule has 412 valence electrons. The van der Waals surface area contributed by atoms with Crippen molar-refractivity contribution in [1.29, 1.82) is 0 Å². The number of ether oxygens (including phenoxy) is 6. The zero-order chi connectivity index (χ0) is 51.6. The largest absolute Gasteiger partial charge is 0.457 e. The molecule has 0 amide bonds. The summed E-state index contributed by atoms with van der Waals surface area (Å²) >= 11 is 0. The number of esters is 1. The van der Waals surface area contributed by atoms with Crippen molar-refractivity contribution in [2.24, 2.45) is 0 Å². The summed E-state index contributed by atoms with van der Waals surface area (Å²) in [6.45, 7) is 3.54. The topological polar surface area (TPSA) is 214 Å². The molecule has 11 unspecified atom stereocenters. The van der Waals surface area contributed by atoms with Gasteiger partial charge in [0.05, 0.1) is 26.4 Å². The molecule has 71 heavy (non-hydrogen) atoms. The molecule has 0 saturated carbocycles. The Bertz CT molecular complexity index is 1400. The van der Waals surface area contributed by atoms with Crippen LogP contribution >= 0.6 is 0 Å². The predicted octanol–water partition coefficient (Wildman–Crippen LogP) is 9.30. The monoisotopic (exact) mass is 1010 g/mol. The molecular formula is C57H100O14. The Morgan fingerprint density at radius 2 is 0.915 bits per heavy atom. The van der Waals surface area contributed by atoms with E-state index in [4.69, 9.17) is 28.4 Å². The number of carbonyl (C=O) groups excluding carboxylic acids is 1. The van der Waals surface area contributed by atoms with Crippen molar-refractivity contribution in [3.8, 4) is 0 Å². The SMILES string of the molecule is CC/C=C\C/C=C\C/C=C\CCCCCCCC(=O)OC(COCCCCCCCCCCCC/C=C\C/C=C\CCCCCCC)COC1OC(COC2OC(CO)C(O)C(O)C2O)C(O)C(O)C1O. The minimum atomic E-state index is -1.71. The number of rotatable bonds is 44. The summed E-state index contributed by atoms with van der Waals surface area (Å²) in [6.07, 6.45) is 37.1. The molecule has 14 heteroatoms. The second kappa shape index (κ2) is 44.0. The first-order valence-electron chi connectivity index (χ1n) is 27.9. The molecule has 14 nitrogen and oxygen atoms in total. The van der Waals surface area contributed by atoms with Gasteiger partial charge in [0.25, 0.3) is 0 Å². The van der Waals surface area contributed by atoms with Crippen LogP contribution in [0, 0.1) is 0 Å². The van der Waals surface area contributed by atoms with Gasteiger partial charge in [-0.2, -0.15) is 0 Å². The lowest BCUT2D eigenvalue weighted by Gasteiger charge is -2.42. The first-order chi connectivity index (χ1) is 34.6. The lowest BCUT2D eigenvalue weighted by molar-refractivity contribution is -0.332. The molecule has 0 aromatic rings. The molecule has 2 aliphatic rings. The van der Waals surface area contributed by atoms with E-state index < -0.39 is 86.7 Å². The summed E-state index contributed by atoms with van der Waals surface area (Å²) in [5, 5.41) is 72.2. The Labute approximate surface area is 428 Å². The van der Waals surface area contributed by atoms with Gasteiger partial charge in [-0.3, -0.25) is 4.79 Å². The van der Waals surface area contributed by atoms with E-state index in [0.29, 0.717) is 13.0 Å². The van der Waals surface area contributed by atoms with Gasteiger partial charge in [-0.25, -0.2) is 0 Å². The van der Waals surface area contributed by atoms with E-state index in [0.717, 1.165) is 77.0 Å². The van der Waals surface area contributed by atoms with Gasteiger partial charge in [0.2, 0.25) is 0 Å². The molecule has 11 atom stereocenters. The van der Waals surface area contributed by atoms with Crippen molar-refractivity contribution < 1.29 is 69.0 Å². The van der Waals surface area contributed by atoms with E-state index >= 15 is 0 Å². The van der Waals surface area contributed by atoms with Gasteiger partial charge in [-0.05, 0) is 77.0 Å². The van der Waals surface area contributed by atoms with Crippen LogP contribution in [0.1, 0.15) is 194 Å². The first kappa shape index (κ1) is 64.8. The quantitative estimate of drug-likeness (QED) is 0.0172. The van der Waals surface area contributed by atoms with E-state index in [9.17, 15) is 40.5 Å². The maximum absolute atomic E-state index is 13.0. The molecule has 0 aliphatic carbocycles. The molecule has 2 heterocycles. The van der Waals surface area contributed by atoms with Crippen molar-refractivity contribution in [2.45, 2.75) is 261 Å². The number of carbonyl (C=O) groups is 1. The van der Waals surface area contributed by atoms with E-state index in [1.165, 1.54) is 89.9 Å². The normalized spacial score (nSPS) is 25.8. The average Bonchev–Trinajstić information content (AvgIpc) is 3.37. The van der Waals surface area contributed by atoms with Gasteiger partial charge in [-0.15, -0.1) is 0 Å². The highest BCUT2D eigenvalue weighted by Gasteiger charge is 2.47. The number of aliphatic hydroxyl groups excluding tert-OH is 7. The molecule has 0 aromatic heterocycles. The Kier molecular flexibility index (Phi) is 40.2. The van der Waals surface area contributed by atoms with Crippen molar-refractivity contribution in [3.63, 3.8) is 0 Å². The standard InChI is InChI=1S/C57H100O14/c1-3-5-7-9-11-13-15-17-19-20-21-22-23-24-25-27-29-31-33-35-37-39-41-66-43-46(69-49(59)40-38-36-34-32-30-28-26-18-16-14-12-10-8-6-4-2)44-67-56-55(65)53(63)51(61)48(71-56)45-68-57-54(64)52(62)50(60)47(42-58)70-57/h6,8,12,14-15,17-18,20-21,26,46-48,50-58,60-65H,3-5,7,9-11,13,16,19,22-25,27-45H2,1-2H3/b8-6-,14-12-,17-15-,21-20-,26-18-. The van der Waals surface area contributed by atoms with Crippen LogP contribution in [0.3, 0.4) is 0 Å². The summed E-state index contributed by atoms with van der Waals surface area (Å²) in [5.74, 6) is -0.395. The molecular weight excluding hydrogens is 909 g/mol. The van der Waals surface area contributed by atoms with E-state index in [1.807, 2.05) is 0 Å². The highest BCUT2D eigenvalue weighted by atomic mass is 16.7. The van der Waals surface area contributed by atoms with Crippen molar-refractivity contribution in [3.05, 3.63) is 60.8 Å². The zero-order valence-electron chi connectivity index (χ0n) is 43.9. The molecule has 2 saturated heterocycles. The summed E-state index contributed by atoms with van der Waals surface area (Å²) in [6, 6.07) is 0. The van der Waals surface area contributed by atoms with E-state index in [2.05, 4.69) is 74.6 Å². The Hall–Kier alpha value is -2.31. The van der Waals surface area contributed by atoms with Crippen LogP contribution in [0.4, 0.5) is 0 Å². The Balaban J connectivity index is 1.73.